The van der Waals surface area contributed by atoms with Crippen molar-refractivity contribution in [3.05, 3.63) is 64.1 Å². The highest BCUT2D eigenvalue weighted by molar-refractivity contribution is 5.76. The van der Waals surface area contributed by atoms with Crippen LogP contribution in [-0.4, -0.2) is 66.8 Å². The van der Waals surface area contributed by atoms with E-state index in [2.05, 4.69) is 29.2 Å². The van der Waals surface area contributed by atoms with Gasteiger partial charge in [0.1, 0.15) is 6.54 Å². The van der Waals surface area contributed by atoms with Crippen molar-refractivity contribution >= 4 is 5.91 Å². The second-order valence-corrected chi connectivity index (χ2v) is 8.28. The van der Waals surface area contributed by atoms with E-state index >= 15 is 0 Å². The number of methoxy groups -OCH3 is 1. The van der Waals surface area contributed by atoms with Crippen molar-refractivity contribution in [3.63, 3.8) is 0 Å². The number of ether oxygens (including phenoxy) is 2. The highest BCUT2D eigenvalue weighted by Crippen LogP contribution is 2.28. The summed E-state index contributed by atoms with van der Waals surface area (Å²) in [6, 6.07) is 12.1. The largest absolute Gasteiger partial charge is 0.491 e. The van der Waals surface area contributed by atoms with Crippen LogP contribution in [0.1, 0.15) is 30.0 Å². The van der Waals surface area contributed by atoms with E-state index in [4.69, 9.17) is 9.47 Å². The van der Waals surface area contributed by atoms with Crippen molar-refractivity contribution in [1.82, 2.24) is 14.4 Å². The Morgan fingerprint density at radius 2 is 1.81 bits per heavy atom. The van der Waals surface area contributed by atoms with E-state index in [9.17, 15) is 9.59 Å². The quantitative estimate of drug-likeness (QED) is 0.709. The molecule has 2 aromatic rings. The maximum absolute atomic E-state index is 13.1. The summed E-state index contributed by atoms with van der Waals surface area (Å²) in [5, 5.41) is 0. The monoisotopic (exact) mass is 425 g/mol. The van der Waals surface area contributed by atoms with E-state index in [1.54, 1.807) is 12.3 Å². The van der Waals surface area contributed by atoms with Crippen molar-refractivity contribution in [3.8, 4) is 5.75 Å². The molecular weight excluding hydrogens is 394 g/mol. The molecule has 0 unspecified atom stereocenters. The van der Waals surface area contributed by atoms with Crippen LogP contribution in [0.3, 0.4) is 0 Å². The standard InChI is InChI=1S/C24H31N3O4/c1-30-23-17-27(21(15-22(23)28)16-25-11-13-31-14-12-25)18-24(29)26-9-7-20(8-10-26)19-5-3-2-4-6-19/h2-6,15,17,20H,7-14,16,18H2,1H3. The lowest BCUT2D eigenvalue weighted by atomic mass is 9.89. The molecule has 3 heterocycles. The molecule has 0 bridgehead atoms. The normalized spacial score (nSPS) is 18.2. The maximum atomic E-state index is 13.1. The van der Waals surface area contributed by atoms with Crippen LogP contribution in [0.15, 0.2) is 47.4 Å². The first-order valence-corrected chi connectivity index (χ1v) is 11.0. The fourth-order valence-corrected chi connectivity index (χ4v) is 4.45. The van der Waals surface area contributed by atoms with Crippen LogP contribution >= 0.6 is 0 Å². The molecular formula is C24H31N3O4. The molecule has 0 spiro atoms. The Balaban J connectivity index is 1.43. The van der Waals surface area contributed by atoms with Gasteiger partial charge in [-0.1, -0.05) is 30.3 Å². The zero-order chi connectivity index (χ0) is 21.6. The highest BCUT2D eigenvalue weighted by Gasteiger charge is 2.24. The summed E-state index contributed by atoms with van der Waals surface area (Å²) < 4.78 is 12.5. The third-order valence-corrected chi connectivity index (χ3v) is 6.32. The Hall–Kier alpha value is -2.64. The van der Waals surface area contributed by atoms with E-state index < -0.39 is 0 Å². The van der Waals surface area contributed by atoms with Crippen LogP contribution in [0.4, 0.5) is 0 Å². The van der Waals surface area contributed by atoms with E-state index in [0.717, 1.165) is 44.7 Å². The minimum Gasteiger partial charge on any atom is -0.491 e. The average Bonchev–Trinajstić information content (AvgIpc) is 2.82. The molecule has 2 aliphatic heterocycles. The first-order valence-electron chi connectivity index (χ1n) is 11.0. The third kappa shape index (κ3) is 5.35. The number of piperidine rings is 1. The SMILES string of the molecule is COc1cn(CC(=O)N2CCC(c3ccccc3)CC2)c(CN2CCOCC2)cc1=O. The minimum atomic E-state index is -0.155. The lowest BCUT2D eigenvalue weighted by molar-refractivity contribution is -0.133. The third-order valence-electron chi connectivity index (χ3n) is 6.32. The van der Waals surface area contributed by atoms with Crippen LogP contribution in [0.2, 0.25) is 0 Å². The second-order valence-electron chi connectivity index (χ2n) is 8.28. The number of hydrogen-bond acceptors (Lipinski definition) is 5. The van der Waals surface area contributed by atoms with Crippen LogP contribution in [0, 0.1) is 0 Å². The summed E-state index contributed by atoms with van der Waals surface area (Å²) in [7, 11) is 1.49. The maximum Gasteiger partial charge on any atom is 0.242 e. The molecule has 31 heavy (non-hydrogen) atoms. The molecule has 166 valence electrons. The predicted octanol–water partition coefficient (Wildman–Crippen LogP) is 2.10. The van der Waals surface area contributed by atoms with Crippen molar-refractivity contribution in [2.45, 2.75) is 31.8 Å². The van der Waals surface area contributed by atoms with Gasteiger partial charge in [0, 0.05) is 44.5 Å². The molecule has 2 aliphatic rings. The molecule has 4 rings (SSSR count). The van der Waals surface area contributed by atoms with Gasteiger partial charge in [0.15, 0.2) is 5.75 Å². The Morgan fingerprint density at radius 1 is 1.10 bits per heavy atom. The molecule has 1 amide bonds. The number of rotatable bonds is 6. The minimum absolute atomic E-state index is 0.0837. The summed E-state index contributed by atoms with van der Waals surface area (Å²) in [5.74, 6) is 0.858. The molecule has 0 N–H and O–H groups in total. The number of likely N-dealkylation sites (tertiary alicyclic amines) is 1. The fraction of sp³-hybridized carbons (Fsp3) is 0.500. The number of benzene rings is 1. The number of aromatic nitrogens is 1. The molecule has 7 nitrogen and oxygen atoms in total. The smallest absolute Gasteiger partial charge is 0.242 e. The topological polar surface area (TPSA) is 64.0 Å². The number of nitrogens with zero attached hydrogens (tertiary/aromatic N) is 3. The number of hydrogen-bond donors (Lipinski definition) is 0. The number of carbonyl (C=O) groups excluding carboxylic acids is 1. The lowest BCUT2D eigenvalue weighted by Gasteiger charge is -2.33. The van der Waals surface area contributed by atoms with Gasteiger partial charge >= 0.3 is 0 Å². The summed E-state index contributed by atoms with van der Waals surface area (Å²) in [6.45, 7) is 5.37. The summed E-state index contributed by atoms with van der Waals surface area (Å²) >= 11 is 0. The van der Waals surface area contributed by atoms with Crippen LogP contribution in [0.5, 0.6) is 5.75 Å². The summed E-state index contributed by atoms with van der Waals surface area (Å²) in [4.78, 5) is 29.6. The second kappa shape index (κ2) is 10.1. The van der Waals surface area contributed by atoms with Gasteiger partial charge in [-0.15, -0.1) is 0 Å². The van der Waals surface area contributed by atoms with Crippen LogP contribution in [-0.2, 0) is 22.6 Å². The number of carbonyl (C=O) groups is 1. The molecule has 2 saturated heterocycles. The van der Waals surface area contributed by atoms with Gasteiger partial charge in [-0.2, -0.15) is 0 Å². The van der Waals surface area contributed by atoms with Crippen molar-refractivity contribution in [1.29, 1.82) is 0 Å². The lowest BCUT2D eigenvalue weighted by Crippen LogP contribution is -2.41. The number of pyridine rings is 1. The Labute approximate surface area is 183 Å². The first kappa shape index (κ1) is 21.6. The van der Waals surface area contributed by atoms with Crippen molar-refractivity contribution in [2.75, 3.05) is 46.5 Å². The number of amides is 1. The van der Waals surface area contributed by atoms with Crippen molar-refractivity contribution < 1.29 is 14.3 Å². The molecule has 1 aromatic carbocycles. The fourth-order valence-electron chi connectivity index (χ4n) is 4.45. The zero-order valence-corrected chi connectivity index (χ0v) is 18.2. The van der Waals surface area contributed by atoms with Crippen molar-refractivity contribution in [2.24, 2.45) is 0 Å². The Morgan fingerprint density at radius 3 is 2.48 bits per heavy atom. The zero-order valence-electron chi connectivity index (χ0n) is 18.2. The molecule has 0 atom stereocenters. The number of morpholine rings is 1. The van der Waals surface area contributed by atoms with E-state index in [-0.39, 0.29) is 23.6 Å². The van der Waals surface area contributed by atoms with Gasteiger partial charge < -0.3 is 18.9 Å². The van der Waals surface area contributed by atoms with Gasteiger partial charge in [0.2, 0.25) is 11.3 Å². The van der Waals surface area contributed by atoms with Crippen LogP contribution in [0.25, 0.3) is 0 Å². The Bertz CT molecular complexity index is 930. The molecule has 7 heteroatoms. The van der Waals surface area contributed by atoms with Gasteiger partial charge in [-0.25, -0.2) is 0 Å². The molecule has 2 fully saturated rings. The van der Waals surface area contributed by atoms with E-state index in [1.807, 2.05) is 15.5 Å². The average molecular weight is 426 g/mol. The summed E-state index contributed by atoms with van der Waals surface area (Å²) in [5.41, 5.74) is 2.03. The van der Waals surface area contributed by atoms with E-state index in [0.29, 0.717) is 25.7 Å². The van der Waals surface area contributed by atoms with Gasteiger partial charge in [0.05, 0.1) is 26.5 Å². The summed E-state index contributed by atoms with van der Waals surface area (Å²) in [6.07, 6.45) is 3.63. The van der Waals surface area contributed by atoms with Gasteiger partial charge in [-0.3, -0.25) is 14.5 Å². The molecule has 0 aliphatic carbocycles. The molecule has 1 aromatic heterocycles. The first-order chi connectivity index (χ1) is 15.1. The Kier molecular flexibility index (Phi) is 7.04. The molecule has 0 radical (unpaired) electrons. The van der Waals surface area contributed by atoms with Gasteiger partial charge in [0.25, 0.3) is 0 Å². The molecule has 0 saturated carbocycles. The highest BCUT2D eigenvalue weighted by atomic mass is 16.5. The predicted molar refractivity (Wildman–Crippen MR) is 118 cm³/mol. The van der Waals surface area contributed by atoms with Crippen LogP contribution < -0.4 is 10.2 Å². The van der Waals surface area contributed by atoms with E-state index in [1.165, 1.54) is 12.7 Å². The van der Waals surface area contributed by atoms with Gasteiger partial charge in [-0.05, 0) is 24.3 Å².